The quantitative estimate of drug-likeness (QED) is 0.766. The molecule has 0 spiro atoms. The maximum atomic E-state index is 13.0. The minimum Gasteiger partial charge on any atom is -0.378 e. The van der Waals surface area contributed by atoms with Crippen LogP contribution in [0.25, 0.3) is 0 Å². The molecule has 0 aromatic heterocycles. The Labute approximate surface area is 154 Å². The first-order valence-corrected chi connectivity index (χ1v) is 8.50. The fraction of sp³-hybridized carbons (Fsp3) is 0.412. The number of morpholine rings is 1. The Balaban J connectivity index is 1.93. The van der Waals surface area contributed by atoms with Crippen LogP contribution >= 0.6 is 12.2 Å². The number of allylic oxidation sites excluding steroid dienone is 1. The second kappa shape index (κ2) is 7.24. The zero-order valence-corrected chi connectivity index (χ0v) is 14.8. The Morgan fingerprint density at radius 3 is 2.42 bits per heavy atom. The van der Waals surface area contributed by atoms with E-state index >= 15 is 0 Å². The number of rotatable bonds is 2. The molecule has 140 valence electrons. The number of halogens is 3. The minimum absolute atomic E-state index is 0.182. The molecule has 0 aliphatic carbocycles. The molecule has 1 unspecified atom stereocenters. The van der Waals surface area contributed by atoms with Crippen molar-refractivity contribution in [3.63, 3.8) is 0 Å². The summed E-state index contributed by atoms with van der Waals surface area (Å²) < 4.78 is 43.7. The van der Waals surface area contributed by atoms with Crippen LogP contribution in [-0.4, -0.2) is 42.2 Å². The molecule has 1 amide bonds. The smallest absolute Gasteiger partial charge is 0.378 e. The average molecular weight is 385 g/mol. The van der Waals surface area contributed by atoms with Gasteiger partial charge in [0, 0.05) is 18.8 Å². The minimum atomic E-state index is -4.41. The van der Waals surface area contributed by atoms with Crippen molar-refractivity contribution in [2.75, 3.05) is 26.3 Å². The molecule has 3 rings (SSSR count). The van der Waals surface area contributed by atoms with Gasteiger partial charge in [-0.05, 0) is 36.8 Å². The first-order chi connectivity index (χ1) is 12.3. The van der Waals surface area contributed by atoms with Gasteiger partial charge in [0.2, 0.25) is 0 Å². The lowest BCUT2D eigenvalue weighted by molar-refractivity contribution is -0.137. The third-order valence-electron chi connectivity index (χ3n) is 4.37. The number of hydrogen-bond acceptors (Lipinski definition) is 3. The van der Waals surface area contributed by atoms with Crippen molar-refractivity contribution in [1.82, 2.24) is 15.5 Å². The van der Waals surface area contributed by atoms with E-state index in [-0.39, 0.29) is 5.91 Å². The van der Waals surface area contributed by atoms with Crippen molar-refractivity contribution in [3.8, 4) is 0 Å². The third-order valence-corrected chi connectivity index (χ3v) is 4.59. The van der Waals surface area contributed by atoms with Crippen molar-refractivity contribution in [2.45, 2.75) is 19.1 Å². The van der Waals surface area contributed by atoms with E-state index in [4.69, 9.17) is 17.0 Å². The number of carbonyl (C=O) groups is 1. The van der Waals surface area contributed by atoms with Crippen LogP contribution in [0.3, 0.4) is 0 Å². The first kappa shape index (κ1) is 18.7. The normalized spacial score (nSPS) is 21.3. The van der Waals surface area contributed by atoms with Crippen LogP contribution in [0.5, 0.6) is 0 Å². The van der Waals surface area contributed by atoms with Gasteiger partial charge in [-0.25, -0.2) is 0 Å². The van der Waals surface area contributed by atoms with Crippen LogP contribution in [0.2, 0.25) is 0 Å². The van der Waals surface area contributed by atoms with E-state index in [1.165, 1.54) is 12.1 Å². The zero-order chi connectivity index (χ0) is 18.9. The van der Waals surface area contributed by atoms with Gasteiger partial charge in [0.1, 0.15) is 0 Å². The number of hydrogen-bond donors (Lipinski definition) is 2. The van der Waals surface area contributed by atoms with E-state index in [0.717, 1.165) is 12.1 Å². The molecule has 1 fully saturated rings. The van der Waals surface area contributed by atoms with E-state index in [0.29, 0.717) is 48.2 Å². The highest BCUT2D eigenvalue weighted by Crippen LogP contribution is 2.33. The molecule has 2 aliphatic heterocycles. The summed E-state index contributed by atoms with van der Waals surface area (Å²) >= 11 is 5.16. The fourth-order valence-corrected chi connectivity index (χ4v) is 3.30. The summed E-state index contributed by atoms with van der Waals surface area (Å²) in [5.74, 6) is -0.182. The van der Waals surface area contributed by atoms with E-state index < -0.39 is 17.8 Å². The fourth-order valence-electron chi connectivity index (χ4n) is 3.03. The number of nitrogens with zero attached hydrogens (tertiary/aromatic N) is 1. The number of amides is 1. The van der Waals surface area contributed by atoms with Gasteiger partial charge in [-0.1, -0.05) is 12.1 Å². The highest BCUT2D eigenvalue weighted by Gasteiger charge is 2.34. The molecule has 0 radical (unpaired) electrons. The average Bonchev–Trinajstić information content (AvgIpc) is 2.61. The molecule has 26 heavy (non-hydrogen) atoms. The van der Waals surface area contributed by atoms with Gasteiger partial charge >= 0.3 is 6.18 Å². The first-order valence-electron chi connectivity index (χ1n) is 8.10. The van der Waals surface area contributed by atoms with Gasteiger partial charge in [0.25, 0.3) is 5.91 Å². The monoisotopic (exact) mass is 385 g/mol. The standard InChI is InChI=1S/C17H18F3N3O2S/c1-10-13(15(24)23-6-8-25-9-7-23)14(22-16(26)21-10)11-2-4-12(5-3-11)17(18,19)20/h2-5,14H,6-9H2,1H3,(H2,21,22,26). The Kier molecular flexibility index (Phi) is 5.19. The molecule has 2 N–H and O–H groups in total. The highest BCUT2D eigenvalue weighted by atomic mass is 32.1. The molecular formula is C17H18F3N3O2S. The lowest BCUT2D eigenvalue weighted by atomic mass is 9.93. The van der Waals surface area contributed by atoms with Gasteiger partial charge in [0.05, 0.1) is 30.4 Å². The maximum absolute atomic E-state index is 13.0. The summed E-state index contributed by atoms with van der Waals surface area (Å²) in [6.07, 6.45) is -4.41. The summed E-state index contributed by atoms with van der Waals surface area (Å²) in [4.78, 5) is 14.7. The van der Waals surface area contributed by atoms with Crippen molar-refractivity contribution in [3.05, 3.63) is 46.7 Å². The Morgan fingerprint density at radius 1 is 1.23 bits per heavy atom. The van der Waals surface area contributed by atoms with Crippen molar-refractivity contribution in [1.29, 1.82) is 0 Å². The zero-order valence-electron chi connectivity index (χ0n) is 14.0. The predicted octanol–water partition coefficient (Wildman–Crippen LogP) is 2.36. The number of benzene rings is 1. The van der Waals surface area contributed by atoms with Gasteiger partial charge in [-0.3, -0.25) is 4.79 Å². The Bertz CT molecular complexity index is 741. The largest absolute Gasteiger partial charge is 0.416 e. The van der Waals surface area contributed by atoms with Crippen molar-refractivity contribution in [2.24, 2.45) is 0 Å². The molecular weight excluding hydrogens is 367 g/mol. The number of carbonyl (C=O) groups excluding carboxylic acids is 1. The summed E-state index contributed by atoms with van der Waals surface area (Å²) in [6.45, 7) is 3.60. The van der Waals surface area contributed by atoms with Gasteiger partial charge in [-0.15, -0.1) is 0 Å². The predicted molar refractivity (Wildman–Crippen MR) is 93.2 cm³/mol. The molecule has 1 aromatic carbocycles. The Hall–Kier alpha value is -2.13. The second-order valence-electron chi connectivity index (χ2n) is 6.09. The van der Waals surface area contributed by atoms with Gasteiger partial charge in [-0.2, -0.15) is 13.2 Å². The summed E-state index contributed by atoms with van der Waals surface area (Å²) in [5, 5.41) is 6.24. The Morgan fingerprint density at radius 2 is 1.85 bits per heavy atom. The molecule has 0 bridgehead atoms. The summed E-state index contributed by atoms with van der Waals surface area (Å²) in [7, 11) is 0. The van der Waals surface area contributed by atoms with Crippen LogP contribution in [0.4, 0.5) is 13.2 Å². The summed E-state index contributed by atoms with van der Waals surface area (Å²) in [6, 6.07) is 4.15. The van der Waals surface area contributed by atoms with Crippen LogP contribution in [0, 0.1) is 0 Å². The lowest BCUT2D eigenvalue weighted by Crippen LogP contribution is -2.49. The van der Waals surface area contributed by atoms with Gasteiger partial charge in [0.15, 0.2) is 5.11 Å². The third kappa shape index (κ3) is 3.83. The molecule has 0 saturated carbocycles. The number of ether oxygens (including phenoxy) is 1. The lowest BCUT2D eigenvalue weighted by Gasteiger charge is -2.35. The van der Waals surface area contributed by atoms with Crippen LogP contribution in [0.1, 0.15) is 24.1 Å². The molecule has 1 atom stereocenters. The highest BCUT2D eigenvalue weighted by molar-refractivity contribution is 7.80. The van der Waals surface area contributed by atoms with E-state index in [1.807, 2.05) is 0 Å². The van der Waals surface area contributed by atoms with E-state index in [2.05, 4.69) is 10.6 Å². The van der Waals surface area contributed by atoms with Crippen LogP contribution < -0.4 is 10.6 Å². The second-order valence-corrected chi connectivity index (χ2v) is 6.50. The summed E-state index contributed by atoms with van der Waals surface area (Å²) in [5.41, 5.74) is 0.840. The van der Waals surface area contributed by atoms with Crippen molar-refractivity contribution < 1.29 is 22.7 Å². The molecule has 2 aliphatic rings. The molecule has 1 saturated heterocycles. The topological polar surface area (TPSA) is 53.6 Å². The maximum Gasteiger partial charge on any atom is 0.416 e. The molecule has 9 heteroatoms. The van der Waals surface area contributed by atoms with Gasteiger partial charge < -0.3 is 20.3 Å². The number of alkyl halides is 3. The van der Waals surface area contributed by atoms with Crippen molar-refractivity contribution >= 4 is 23.2 Å². The number of nitrogens with one attached hydrogen (secondary N) is 2. The van der Waals surface area contributed by atoms with E-state index in [1.54, 1.807) is 11.8 Å². The van der Waals surface area contributed by atoms with E-state index in [9.17, 15) is 18.0 Å². The molecule has 1 aromatic rings. The SMILES string of the molecule is CC1=C(C(=O)N2CCOCC2)C(c2ccc(C(F)(F)F)cc2)NC(=S)N1. The molecule has 5 nitrogen and oxygen atoms in total. The molecule has 2 heterocycles. The van der Waals surface area contributed by atoms with Crippen LogP contribution in [0.15, 0.2) is 35.5 Å². The van der Waals surface area contributed by atoms with Crippen LogP contribution in [-0.2, 0) is 15.7 Å². The number of thiocarbonyl (C=S) groups is 1.